The summed E-state index contributed by atoms with van der Waals surface area (Å²) in [5, 5.41) is 60.0. The van der Waals surface area contributed by atoms with Crippen molar-refractivity contribution in [2.75, 3.05) is 30.4 Å². The van der Waals surface area contributed by atoms with Crippen molar-refractivity contribution in [2.24, 2.45) is 41.2 Å². The molecule has 62 heavy (non-hydrogen) atoms. The molecule has 1 amide bonds. The summed E-state index contributed by atoms with van der Waals surface area (Å²) in [6.07, 6.45) is 3.46. The van der Waals surface area contributed by atoms with E-state index in [9.17, 15) is 39.9 Å². The van der Waals surface area contributed by atoms with Gasteiger partial charge in [0.2, 0.25) is 10.9 Å². The second-order valence-electron chi connectivity index (χ2n) is 17.8. The van der Waals surface area contributed by atoms with Gasteiger partial charge >= 0.3 is 5.79 Å². The summed E-state index contributed by atoms with van der Waals surface area (Å²) in [4.78, 5) is 49.3. The SMILES string of the molecule is CO[C@H]1/C=C/O[C@@]2(C)Oc3c(C)c(O)c4c(=O)c(c5oc6cc(N7C[C@@H]8C(N)[C@@H]8C7)cc(=O)c6nc5c4c3=C2O)NC(=O)/C(C)=C\C=C\[C@H](C)[C@H](O)[C@@H](C)[C@@H](O)[C@H](C)[C@H](O)[C@H]1C. The van der Waals surface area contributed by atoms with E-state index in [-0.39, 0.29) is 66.8 Å². The fourth-order valence-corrected chi connectivity index (χ4v) is 9.45. The minimum Gasteiger partial charge on any atom is -0.507 e. The predicted molar refractivity (Wildman–Crippen MR) is 233 cm³/mol. The number of phenols is 1. The first-order chi connectivity index (χ1) is 29.3. The van der Waals surface area contributed by atoms with Crippen LogP contribution in [0.15, 0.2) is 62.3 Å². The molecule has 1 aromatic heterocycles. The summed E-state index contributed by atoms with van der Waals surface area (Å²) < 4.78 is 24.4. The number of ether oxygens (including phenoxy) is 3. The lowest BCUT2D eigenvalue weighted by atomic mass is 9.78. The number of benzene rings is 3. The highest BCUT2D eigenvalue weighted by molar-refractivity contribution is 6.16. The molecule has 330 valence electrons. The van der Waals surface area contributed by atoms with Crippen LogP contribution >= 0.6 is 0 Å². The molecule has 2 fully saturated rings. The number of hydrogen-bond donors (Lipinski definition) is 7. The first-order valence-electron chi connectivity index (χ1n) is 20.9. The summed E-state index contributed by atoms with van der Waals surface area (Å²) in [5.74, 6) is -5.57. The van der Waals surface area contributed by atoms with Crippen molar-refractivity contribution >= 4 is 56.0 Å². The van der Waals surface area contributed by atoms with Crippen LogP contribution in [0.25, 0.3) is 38.7 Å². The molecule has 4 bridgehead atoms. The number of nitrogens with one attached hydrogen (secondary N) is 1. The number of aromatic nitrogens is 1. The lowest BCUT2D eigenvalue weighted by Gasteiger charge is -2.36. The second-order valence-corrected chi connectivity index (χ2v) is 17.8. The fourth-order valence-electron chi connectivity index (χ4n) is 9.45. The molecule has 3 aromatic carbocycles. The number of carbonyl (C=O) groups excluding carboxylic acids is 1. The average molecular weight is 855 g/mol. The Labute approximate surface area is 356 Å². The number of anilines is 2. The van der Waals surface area contributed by atoms with Crippen molar-refractivity contribution in [3.05, 3.63) is 79.5 Å². The Bertz CT molecular complexity index is 2770. The van der Waals surface area contributed by atoms with Crippen molar-refractivity contribution in [2.45, 2.75) is 84.7 Å². The molecule has 16 heteroatoms. The highest BCUT2D eigenvalue weighted by atomic mass is 16.7. The zero-order valence-corrected chi connectivity index (χ0v) is 35.9. The Hall–Kier alpha value is -5.52. The number of phenolic OH excluding ortho intramolecular Hbond substituents is 1. The third-order valence-electron chi connectivity index (χ3n) is 13.8. The van der Waals surface area contributed by atoms with E-state index in [0.717, 1.165) is 0 Å². The standard InChI is InChI=1S/C46H54N4O12/c1-18-10-9-11-19(2)45(58)49-36-41(56)31-30(35-43(36)61-29-15-24(14-27(51)34(29)48-35)50-16-25-26(17-50)33(25)47)32-42(23(6)40(31)55)62-46(7,44(32)57)60-13-12-28(59-8)20(3)38(53)22(5)39(54)21(4)37(18)52/h9-15,18,20-22,25-26,28,33,37-39,52-55,57H,16-17,47H2,1-8H3,(H,49,58)/b10-9+,13-12+,19-11-/t18-,20-,21+,22+,25-,26+,28-,33?,37-,38+,39+,46-/m0/s1. The largest absolute Gasteiger partial charge is 0.507 e. The van der Waals surface area contributed by atoms with Crippen LogP contribution in [-0.4, -0.2) is 92.9 Å². The number of nitrogens with zero attached hydrogens (tertiary/aromatic N) is 2. The molecular formula is C46H54N4O12. The maximum absolute atomic E-state index is 14.8. The van der Waals surface area contributed by atoms with Crippen LogP contribution in [0.3, 0.4) is 0 Å². The van der Waals surface area contributed by atoms with E-state index in [1.165, 1.54) is 52.4 Å². The van der Waals surface area contributed by atoms with Gasteiger partial charge in [-0.05, 0) is 31.8 Å². The lowest BCUT2D eigenvalue weighted by Crippen LogP contribution is -2.44. The summed E-state index contributed by atoms with van der Waals surface area (Å²) in [6.45, 7) is 12.6. The topological polar surface area (TPSA) is 247 Å². The van der Waals surface area contributed by atoms with E-state index in [2.05, 4.69) is 5.32 Å². The van der Waals surface area contributed by atoms with E-state index < -0.39 is 82.1 Å². The normalized spacial score (nSPS) is 34.8. The zero-order chi connectivity index (χ0) is 44.8. The number of carbonyl (C=O) groups is 1. The molecule has 0 spiro atoms. The lowest BCUT2D eigenvalue weighted by molar-refractivity contribution is -0.112. The first kappa shape index (κ1) is 43.1. The number of allylic oxidation sites excluding steroid dienone is 2. The van der Waals surface area contributed by atoms with Gasteiger partial charge in [-0.1, -0.05) is 45.9 Å². The van der Waals surface area contributed by atoms with E-state index in [4.69, 9.17) is 29.3 Å². The number of fused-ring (bicyclic) bond motifs is 3. The summed E-state index contributed by atoms with van der Waals surface area (Å²) in [7, 11) is 1.44. The Morgan fingerprint density at radius 3 is 2.26 bits per heavy atom. The van der Waals surface area contributed by atoms with Gasteiger partial charge in [0.25, 0.3) is 5.91 Å². The number of rotatable bonds is 2. The van der Waals surface area contributed by atoms with Crippen LogP contribution in [0.1, 0.15) is 47.1 Å². The van der Waals surface area contributed by atoms with Gasteiger partial charge in [0, 0.05) is 91.2 Å². The van der Waals surface area contributed by atoms with E-state index >= 15 is 0 Å². The van der Waals surface area contributed by atoms with Crippen LogP contribution < -0.4 is 36.8 Å². The first-order valence-corrected chi connectivity index (χ1v) is 20.9. The quantitative estimate of drug-likeness (QED) is 0.113. The number of methoxy groups -OCH3 is 1. The van der Waals surface area contributed by atoms with Crippen LogP contribution in [0.4, 0.5) is 11.4 Å². The van der Waals surface area contributed by atoms with Gasteiger partial charge in [-0.15, -0.1) is 0 Å². The van der Waals surface area contributed by atoms with Crippen LogP contribution in [0.2, 0.25) is 0 Å². The third kappa shape index (κ3) is 6.88. The fraction of sp³-hybridized carbons (Fsp3) is 0.478. The maximum Gasteiger partial charge on any atom is 0.307 e. The number of amides is 1. The smallest absolute Gasteiger partial charge is 0.307 e. The summed E-state index contributed by atoms with van der Waals surface area (Å²) >= 11 is 0. The van der Waals surface area contributed by atoms with Gasteiger partial charge in [0.1, 0.15) is 22.7 Å². The third-order valence-corrected chi connectivity index (χ3v) is 13.8. The molecule has 1 saturated carbocycles. The molecule has 1 unspecified atom stereocenters. The van der Waals surface area contributed by atoms with E-state index in [1.54, 1.807) is 45.9 Å². The van der Waals surface area contributed by atoms with Crippen molar-refractivity contribution in [3.63, 3.8) is 0 Å². The second kappa shape index (κ2) is 15.7. The Balaban J connectivity index is 1.36. The monoisotopic (exact) mass is 854 g/mol. The molecule has 16 nitrogen and oxygen atoms in total. The number of aromatic hydroxyl groups is 1. The van der Waals surface area contributed by atoms with Crippen molar-refractivity contribution in [3.8, 4) is 11.5 Å². The van der Waals surface area contributed by atoms with Gasteiger partial charge in [-0.2, -0.15) is 0 Å². The minimum absolute atomic E-state index is 0.0338. The number of piperidine rings is 1. The molecular weight excluding hydrogens is 801 g/mol. The molecule has 8 rings (SSSR count). The number of hydrogen-bond acceptors (Lipinski definition) is 15. The Morgan fingerprint density at radius 1 is 0.919 bits per heavy atom. The zero-order valence-electron chi connectivity index (χ0n) is 35.9. The summed E-state index contributed by atoms with van der Waals surface area (Å²) in [6, 6.07) is 3.23. The van der Waals surface area contributed by atoms with E-state index in [1.807, 2.05) is 4.90 Å². The van der Waals surface area contributed by atoms with Crippen LogP contribution in [0.5, 0.6) is 11.5 Å². The Morgan fingerprint density at radius 2 is 1.58 bits per heavy atom. The van der Waals surface area contributed by atoms with Crippen molar-refractivity contribution in [1.29, 1.82) is 0 Å². The highest BCUT2D eigenvalue weighted by Gasteiger charge is 2.53. The molecule has 4 aromatic rings. The van der Waals surface area contributed by atoms with Crippen molar-refractivity contribution < 1.29 is 49.0 Å². The van der Waals surface area contributed by atoms with Gasteiger partial charge in [-0.3, -0.25) is 14.4 Å². The number of aliphatic hydroxyl groups is 4. The molecule has 3 aliphatic heterocycles. The maximum atomic E-state index is 14.8. The molecule has 1 saturated heterocycles. The predicted octanol–water partition coefficient (Wildman–Crippen LogP) is 3.38. The van der Waals surface area contributed by atoms with Gasteiger partial charge in [0.05, 0.1) is 41.3 Å². The highest BCUT2D eigenvalue weighted by Crippen LogP contribution is 2.46. The Kier molecular flexibility index (Phi) is 10.9. The molecule has 4 heterocycles. The van der Waals surface area contributed by atoms with Gasteiger partial charge < -0.3 is 60.1 Å². The number of aliphatic hydroxyl groups excluding tert-OH is 4. The van der Waals surface area contributed by atoms with Crippen LogP contribution in [-0.2, 0) is 14.3 Å². The van der Waals surface area contributed by atoms with Gasteiger partial charge in [-0.25, -0.2) is 4.98 Å². The van der Waals surface area contributed by atoms with E-state index in [0.29, 0.717) is 30.6 Å². The minimum atomic E-state index is -1.95. The summed E-state index contributed by atoms with van der Waals surface area (Å²) in [5.41, 5.74) is 4.83. The average Bonchev–Trinajstić information content (AvgIpc) is 3.51. The molecule has 1 aliphatic carbocycles. The molecule has 12 atom stereocenters. The molecule has 0 radical (unpaired) electrons. The van der Waals surface area contributed by atoms with Crippen LogP contribution in [0, 0.1) is 42.4 Å². The molecule has 4 aliphatic rings. The van der Waals surface area contributed by atoms with Crippen molar-refractivity contribution in [1.82, 2.24) is 4.98 Å². The van der Waals surface area contributed by atoms with Gasteiger partial charge in [0.15, 0.2) is 22.4 Å². The molecule has 8 N–H and O–H groups in total. The number of nitrogens with two attached hydrogens (primary N) is 1.